The summed E-state index contributed by atoms with van der Waals surface area (Å²) in [6, 6.07) is 6.38. The second kappa shape index (κ2) is 9.44. The largest absolute Gasteiger partial charge is 0.496 e. The van der Waals surface area contributed by atoms with Crippen LogP contribution in [-0.2, 0) is 11.2 Å². The van der Waals surface area contributed by atoms with Gasteiger partial charge in [0.25, 0.3) is 0 Å². The van der Waals surface area contributed by atoms with Crippen molar-refractivity contribution in [3.05, 3.63) is 28.2 Å². The van der Waals surface area contributed by atoms with Gasteiger partial charge in [0.05, 0.1) is 18.2 Å². The monoisotopic (exact) mass is 357 g/mol. The lowest BCUT2D eigenvalue weighted by atomic mass is 9.77. The molecule has 0 spiro atoms. The molecule has 0 heterocycles. The van der Waals surface area contributed by atoms with E-state index in [0.717, 1.165) is 49.2 Å². The molecule has 0 fully saturated rings. The highest BCUT2D eigenvalue weighted by atomic mass is 79.9. The SMILES string of the molecule is CCC(CC)(CNCCOC)Cc1ccc(OC)c(Br)c1. The fourth-order valence-corrected chi connectivity index (χ4v) is 3.18. The van der Waals surface area contributed by atoms with Gasteiger partial charge in [0, 0.05) is 20.2 Å². The van der Waals surface area contributed by atoms with Crippen molar-refractivity contribution in [1.29, 1.82) is 0 Å². The summed E-state index contributed by atoms with van der Waals surface area (Å²) >= 11 is 3.57. The van der Waals surface area contributed by atoms with E-state index in [0.29, 0.717) is 5.41 Å². The molecule has 3 nitrogen and oxygen atoms in total. The highest BCUT2D eigenvalue weighted by molar-refractivity contribution is 9.10. The molecule has 120 valence electrons. The Kier molecular flexibility index (Phi) is 8.30. The highest BCUT2D eigenvalue weighted by Crippen LogP contribution is 2.33. The number of nitrogens with one attached hydrogen (secondary N) is 1. The topological polar surface area (TPSA) is 30.5 Å². The van der Waals surface area contributed by atoms with Crippen LogP contribution in [0.1, 0.15) is 32.3 Å². The fraction of sp³-hybridized carbons (Fsp3) is 0.647. The van der Waals surface area contributed by atoms with Crippen LogP contribution >= 0.6 is 15.9 Å². The van der Waals surface area contributed by atoms with Gasteiger partial charge in [-0.05, 0) is 58.3 Å². The van der Waals surface area contributed by atoms with Gasteiger partial charge in [-0.15, -0.1) is 0 Å². The van der Waals surface area contributed by atoms with Crippen molar-refractivity contribution >= 4 is 15.9 Å². The van der Waals surface area contributed by atoms with E-state index in [1.165, 1.54) is 5.56 Å². The van der Waals surface area contributed by atoms with E-state index >= 15 is 0 Å². The molecule has 1 N–H and O–H groups in total. The van der Waals surface area contributed by atoms with Crippen molar-refractivity contribution < 1.29 is 9.47 Å². The molecule has 0 aliphatic heterocycles. The van der Waals surface area contributed by atoms with Gasteiger partial charge in [0.15, 0.2) is 0 Å². The first-order chi connectivity index (χ1) is 10.1. The maximum absolute atomic E-state index is 5.30. The molecule has 0 aliphatic rings. The Morgan fingerprint density at radius 2 is 1.90 bits per heavy atom. The first-order valence-electron chi connectivity index (χ1n) is 7.63. The van der Waals surface area contributed by atoms with Gasteiger partial charge < -0.3 is 14.8 Å². The van der Waals surface area contributed by atoms with Crippen molar-refractivity contribution in [2.75, 3.05) is 33.9 Å². The van der Waals surface area contributed by atoms with Crippen LogP contribution in [0.15, 0.2) is 22.7 Å². The van der Waals surface area contributed by atoms with Gasteiger partial charge in [-0.3, -0.25) is 0 Å². The lowest BCUT2D eigenvalue weighted by molar-refractivity contribution is 0.185. The summed E-state index contributed by atoms with van der Waals surface area (Å²) in [5.41, 5.74) is 1.64. The summed E-state index contributed by atoms with van der Waals surface area (Å²) < 4.78 is 11.4. The fourth-order valence-electron chi connectivity index (χ4n) is 2.59. The normalized spacial score (nSPS) is 11.7. The molecule has 1 aromatic carbocycles. The third-order valence-electron chi connectivity index (χ3n) is 4.28. The molecule has 4 heteroatoms. The van der Waals surface area contributed by atoms with Crippen LogP contribution in [0.3, 0.4) is 0 Å². The maximum Gasteiger partial charge on any atom is 0.133 e. The van der Waals surface area contributed by atoms with Gasteiger partial charge in [-0.25, -0.2) is 0 Å². The Labute approximate surface area is 137 Å². The molecule has 21 heavy (non-hydrogen) atoms. The molecule has 0 saturated heterocycles. The summed E-state index contributed by atoms with van der Waals surface area (Å²) in [4.78, 5) is 0. The lowest BCUT2D eigenvalue weighted by Crippen LogP contribution is -2.36. The molecule has 0 aliphatic carbocycles. The zero-order chi connectivity index (χ0) is 15.7. The predicted molar refractivity (Wildman–Crippen MR) is 92.2 cm³/mol. The summed E-state index contributed by atoms with van der Waals surface area (Å²) in [6.45, 7) is 7.25. The van der Waals surface area contributed by atoms with Crippen molar-refractivity contribution in [3.8, 4) is 5.75 Å². The zero-order valence-corrected chi connectivity index (χ0v) is 15.3. The van der Waals surface area contributed by atoms with Crippen LogP contribution in [0.4, 0.5) is 0 Å². The van der Waals surface area contributed by atoms with E-state index in [9.17, 15) is 0 Å². The van der Waals surface area contributed by atoms with Crippen LogP contribution in [0, 0.1) is 5.41 Å². The second-order valence-electron chi connectivity index (χ2n) is 5.52. The Morgan fingerprint density at radius 1 is 1.19 bits per heavy atom. The molecular formula is C17H28BrNO2. The number of benzene rings is 1. The standard InChI is InChI=1S/C17H28BrNO2/c1-5-17(6-2,13-19-9-10-20-3)12-14-7-8-16(21-4)15(18)11-14/h7-8,11,19H,5-6,9-10,12-13H2,1-4H3. The van der Waals surface area contributed by atoms with E-state index in [2.05, 4.69) is 47.2 Å². The summed E-state index contributed by atoms with van der Waals surface area (Å²) in [5.74, 6) is 0.885. The van der Waals surface area contributed by atoms with E-state index < -0.39 is 0 Å². The van der Waals surface area contributed by atoms with Crippen LogP contribution < -0.4 is 10.1 Å². The predicted octanol–water partition coefficient (Wildman–Crippen LogP) is 4.04. The van der Waals surface area contributed by atoms with Gasteiger partial charge in [0.1, 0.15) is 5.75 Å². The highest BCUT2D eigenvalue weighted by Gasteiger charge is 2.26. The number of rotatable bonds is 10. The van der Waals surface area contributed by atoms with E-state index in [4.69, 9.17) is 9.47 Å². The Balaban J connectivity index is 2.74. The molecule has 0 unspecified atom stereocenters. The number of hydrogen-bond acceptors (Lipinski definition) is 3. The molecular weight excluding hydrogens is 330 g/mol. The molecule has 0 saturated carbocycles. The third kappa shape index (κ3) is 5.61. The van der Waals surface area contributed by atoms with Crippen molar-refractivity contribution in [1.82, 2.24) is 5.32 Å². The molecule has 0 bridgehead atoms. The molecule has 0 aromatic heterocycles. The van der Waals surface area contributed by atoms with Gasteiger partial charge in [-0.2, -0.15) is 0 Å². The molecule has 1 aromatic rings. The van der Waals surface area contributed by atoms with Gasteiger partial charge in [0.2, 0.25) is 0 Å². The average Bonchev–Trinajstić information content (AvgIpc) is 2.50. The summed E-state index contributed by atoms with van der Waals surface area (Å²) in [7, 11) is 3.44. The summed E-state index contributed by atoms with van der Waals surface area (Å²) in [5, 5.41) is 3.53. The minimum absolute atomic E-state index is 0.293. The summed E-state index contributed by atoms with van der Waals surface area (Å²) in [6.07, 6.45) is 3.39. The van der Waals surface area contributed by atoms with Gasteiger partial charge >= 0.3 is 0 Å². The first kappa shape index (κ1) is 18.5. The van der Waals surface area contributed by atoms with Crippen LogP contribution in [0.25, 0.3) is 0 Å². The van der Waals surface area contributed by atoms with E-state index in [1.807, 2.05) is 6.07 Å². The lowest BCUT2D eigenvalue weighted by Gasteiger charge is -2.32. The molecule has 0 amide bonds. The van der Waals surface area contributed by atoms with Crippen LogP contribution in [-0.4, -0.2) is 33.9 Å². The Bertz CT molecular complexity index is 419. The van der Waals surface area contributed by atoms with Crippen LogP contribution in [0.5, 0.6) is 5.75 Å². The second-order valence-corrected chi connectivity index (χ2v) is 6.38. The van der Waals surface area contributed by atoms with Crippen molar-refractivity contribution in [2.45, 2.75) is 33.1 Å². The minimum atomic E-state index is 0.293. The molecule has 1 rings (SSSR count). The number of hydrogen-bond donors (Lipinski definition) is 1. The average molecular weight is 358 g/mol. The Hall–Kier alpha value is -0.580. The maximum atomic E-state index is 5.30. The number of ether oxygens (including phenoxy) is 2. The molecule has 0 atom stereocenters. The minimum Gasteiger partial charge on any atom is -0.496 e. The quantitative estimate of drug-likeness (QED) is 0.641. The number of methoxy groups -OCH3 is 2. The third-order valence-corrected chi connectivity index (χ3v) is 4.90. The van der Waals surface area contributed by atoms with Crippen molar-refractivity contribution in [3.63, 3.8) is 0 Å². The smallest absolute Gasteiger partial charge is 0.133 e. The van der Waals surface area contributed by atoms with E-state index in [1.54, 1.807) is 14.2 Å². The van der Waals surface area contributed by atoms with E-state index in [-0.39, 0.29) is 0 Å². The number of halogens is 1. The zero-order valence-electron chi connectivity index (χ0n) is 13.7. The first-order valence-corrected chi connectivity index (χ1v) is 8.42. The Morgan fingerprint density at radius 3 is 2.43 bits per heavy atom. The van der Waals surface area contributed by atoms with Gasteiger partial charge in [-0.1, -0.05) is 19.9 Å². The van der Waals surface area contributed by atoms with Crippen molar-refractivity contribution in [2.24, 2.45) is 5.41 Å². The molecule has 0 radical (unpaired) electrons. The van der Waals surface area contributed by atoms with Crippen LogP contribution in [0.2, 0.25) is 0 Å².